The molecule has 1 atom stereocenters. The molecule has 29 heavy (non-hydrogen) atoms. The Morgan fingerprint density at radius 1 is 1.14 bits per heavy atom. The normalized spacial score (nSPS) is 15.5. The zero-order chi connectivity index (χ0) is 21.1. The molecule has 1 heterocycles. The van der Waals surface area contributed by atoms with Crippen LogP contribution in [0.15, 0.2) is 36.4 Å². The Balaban J connectivity index is 1.90. The van der Waals surface area contributed by atoms with E-state index in [1.54, 1.807) is 6.92 Å². The predicted octanol–water partition coefficient (Wildman–Crippen LogP) is 3.26. The van der Waals surface area contributed by atoms with E-state index >= 15 is 0 Å². The van der Waals surface area contributed by atoms with Crippen molar-refractivity contribution in [3.05, 3.63) is 53.1 Å². The molecule has 0 bridgehead atoms. The molecule has 0 aromatic heterocycles. The molecule has 3 rings (SSSR count). The van der Waals surface area contributed by atoms with Crippen LogP contribution in [-0.2, 0) is 22.4 Å². The number of anilines is 2. The van der Waals surface area contributed by atoms with E-state index in [4.69, 9.17) is 4.74 Å². The van der Waals surface area contributed by atoms with Crippen LogP contribution in [-0.4, -0.2) is 35.5 Å². The zero-order valence-electron chi connectivity index (χ0n) is 16.7. The fraction of sp³-hybridized carbons (Fsp3) is 0.318. The van der Waals surface area contributed by atoms with Crippen LogP contribution in [0.2, 0.25) is 0 Å². The van der Waals surface area contributed by atoms with Crippen molar-refractivity contribution in [2.75, 3.05) is 16.8 Å². The van der Waals surface area contributed by atoms with Crippen molar-refractivity contribution in [3.8, 4) is 5.75 Å². The molecule has 0 saturated heterocycles. The van der Waals surface area contributed by atoms with Gasteiger partial charge in [-0.05, 0) is 49.1 Å². The number of para-hydroxylation sites is 1. The molecule has 2 aromatic carbocycles. The van der Waals surface area contributed by atoms with Crippen molar-refractivity contribution < 1.29 is 24.2 Å². The van der Waals surface area contributed by atoms with Gasteiger partial charge in [-0.3, -0.25) is 14.5 Å². The van der Waals surface area contributed by atoms with Crippen LogP contribution >= 0.6 is 0 Å². The largest absolute Gasteiger partial charge is 0.479 e. The first-order valence-corrected chi connectivity index (χ1v) is 9.61. The predicted molar refractivity (Wildman–Crippen MR) is 110 cm³/mol. The van der Waals surface area contributed by atoms with E-state index in [2.05, 4.69) is 5.32 Å². The Hall–Kier alpha value is -3.35. The lowest BCUT2D eigenvalue weighted by molar-refractivity contribution is -0.127. The van der Waals surface area contributed by atoms with E-state index in [0.29, 0.717) is 5.75 Å². The van der Waals surface area contributed by atoms with Gasteiger partial charge >= 0.3 is 5.97 Å². The first-order valence-electron chi connectivity index (χ1n) is 9.61. The summed E-state index contributed by atoms with van der Waals surface area (Å²) in [5.74, 6) is -1.49. The van der Waals surface area contributed by atoms with E-state index < -0.39 is 18.0 Å². The number of rotatable bonds is 6. The zero-order valence-corrected chi connectivity index (χ0v) is 16.7. The average Bonchev–Trinajstić information content (AvgIpc) is 2.71. The summed E-state index contributed by atoms with van der Waals surface area (Å²) in [5.41, 5.74) is 3.11. The van der Waals surface area contributed by atoms with Gasteiger partial charge in [-0.1, -0.05) is 32.0 Å². The maximum Gasteiger partial charge on any atom is 0.335 e. The third-order valence-corrected chi connectivity index (χ3v) is 4.98. The summed E-state index contributed by atoms with van der Waals surface area (Å²) in [6.45, 7) is 5.40. The molecular formula is C22H24N2O5. The fourth-order valence-corrected chi connectivity index (χ4v) is 3.43. The number of hydrogen-bond acceptors (Lipinski definition) is 4. The Morgan fingerprint density at radius 3 is 2.38 bits per heavy atom. The fourth-order valence-electron chi connectivity index (χ4n) is 3.43. The van der Waals surface area contributed by atoms with E-state index in [1.165, 1.54) is 23.1 Å². The number of aryl methyl sites for hydroxylation is 2. The molecule has 1 aliphatic rings. The number of ether oxygens (including phenoxy) is 1. The number of nitrogens with zero attached hydrogens (tertiary/aromatic N) is 1. The lowest BCUT2D eigenvalue weighted by Crippen LogP contribution is -2.47. The van der Waals surface area contributed by atoms with E-state index in [1.807, 2.05) is 32.0 Å². The van der Waals surface area contributed by atoms with Gasteiger partial charge in [0.1, 0.15) is 12.3 Å². The molecule has 0 aliphatic carbocycles. The smallest absolute Gasteiger partial charge is 0.335 e. The van der Waals surface area contributed by atoms with Crippen molar-refractivity contribution >= 4 is 29.2 Å². The number of carbonyl (C=O) groups is 3. The molecule has 2 aromatic rings. The van der Waals surface area contributed by atoms with Crippen LogP contribution in [0, 0.1) is 0 Å². The summed E-state index contributed by atoms with van der Waals surface area (Å²) in [6, 6.07) is 10.2. The molecule has 0 spiro atoms. The highest BCUT2D eigenvalue weighted by molar-refractivity contribution is 6.07. The van der Waals surface area contributed by atoms with Crippen molar-refractivity contribution in [3.63, 3.8) is 0 Å². The summed E-state index contributed by atoms with van der Waals surface area (Å²) >= 11 is 0. The average molecular weight is 396 g/mol. The highest BCUT2D eigenvalue weighted by Crippen LogP contribution is 2.35. The summed E-state index contributed by atoms with van der Waals surface area (Å²) < 4.78 is 5.57. The van der Waals surface area contributed by atoms with Crippen LogP contribution in [0.3, 0.4) is 0 Å². The van der Waals surface area contributed by atoms with Gasteiger partial charge < -0.3 is 15.2 Å². The molecule has 2 amide bonds. The van der Waals surface area contributed by atoms with Gasteiger partial charge in [0, 0.05) is 5.69 Å². The van der Waals surface area contributed by atoms with Gasteiger partial charge in [0.25, 0.3) is 5.91 Å². The standard InChI is InChI=1S/C22H24N2O5/c1-4-14-7-6-8-15(5-2)20(14)23-19(25)12-24-17-11-16(22(27)28)9-10-18(17)29-13(3)21(24)26/h6-11,13H,4-5,12H2,1-3H3,(H,23,25)(H,27,28). The van der Waals surface area contributed by atoms with Crippen LogP contribution in [0.4, 0.5) is 11.4 Å². The lowest BCUT2D eigenvalue weighted by atomic mass is 10.0. The number of carboxylic acids is 1. The van der Waals surface area contributed by atoms with Gasteiger partial charge in [-0.25, -0.2) is 4.79 Å². The summed E-state index contributed by atoms with van der Waals surface area (Å²) in [6.07, 6.45) is 0.768. The van der Waals surface area contributed by atoms with E-state index in [9.17, 15) is 19.5 Å². The van der Waals surface area contributed by atoms with Gasteiger partial charge in [-0.2, -0.15) is 0 Å². The molecule has 1 unspecified atom stereocenters. The second kappa shape index (κ2) is 8.34. The second-order valence-corrected chi connectivity index (χ2v) is 6.88. The van der Waals surface area contributed by atoms with Crippen molar-refractivity contribution in [2.24, 2.45) is 0 Å². The van der Waals surface area contributed by atoms with Gasteiger partial charge in [-0.15, -0.1) is 0 Å². The van der Waals surface area contributed by atoms with Gasteiger partial charge in [0.05, 0.1) is 11.3 Å². The van der Waals surface area contributed by atoms with E-state index in [0.717, 1.165) is 29.7 Å². The van der Waals surface area contributed by atoms with Gasteiger partial charge in [0.2, 0.25) is 5.91 Å². The SMILES string of the molecule is CCc1cccc(CC)c1NC(=O)CN1C(=O)C(C)Oc2ccc(C(=O)O)cc21. The number of amides is 2. The number of hydrogen-bond donors (Lipinski definition) is 2. The Kier molecular flexibility index (Phi) is 5.87. The highest BCUT2D eigenvalue weighted by Gasteiger charge is 2.33. The second-order valence-electron chi connectivity index (χ2n) is 6.88. The number of fused-ring (bicyclic) bond motifs is 1. The number of carboxylic acid groups (broad SMARTS) is 1. The number of aromatic carboxylic acids is 1. The molecule has 152 valence electrons. The van der Waals surface area contributed by atoms with Gasteiger partial charge in [0.15, 0.2) is 6.10 Å². The molecule has 0 saturated carbocycles. The maximum absolute atomic E-state index is 12.8. The van der Waals surface area contributed by atoms with Crippen LogP contribution < -0.4 is 15.0 Å². The molecule has 7 heteroatoms. The minimum absolute atomic E-state index is 0.0182. The molecule has 7 nitrogen and oxygen atoms in total. The molecular weight excluding hydrogens is 372 g/mol. The molecule has 1 aliphatic heterocycles. The van der Waals surface area contributed by atoms with Crippen LogP contribution in [0.5, 0.6) is 5.75 Å². The van der Waals surface area contributed by atoms with Crippen LogP contribution in [0.25, 0.3) is 0 Å². The first kappa shape index (κ1) is 20.4. The van der Waals surface area contributed by atoms with E-state index in [-0.39, 0.29) is 23.7 Å². The summed E-state index contributed by atoms with van der Waals surface area (Å²) in [4.78, 5) is 38.1. The third kappa shape index (κ3) is 4.08. The Labute approximate surface area is 169 Å². The number of benzene rings is 2. The molecule has 0 fully saturated rings. The topological polar surface area (TPSA) is 95.9 Å². The summed E-state index contributed by atoms with van der Waals surface area (Å²) in [5, 5.41) is 12.2. The van der Waals surface area contributed by atoms with Crippen molar-refractivity contribution in [2.45, 2.75) is 39.7 Å². The molecule has 0 radical (unpaired) electrons. The Bertz CT molecular complexity index is 947. The first-order chi connectivity index (χ1) is 13.8. The Morgan fingerprint density at radius 2 is 1.79 bits per heavy atom. The quantitative estimate of drug-likeness (QED) is 0.781. The summed E-state index contributed by atoms with van der Waals surface area (Å²) in [7, 11) is 0. The maximum atomic E-state index is 12.8. The minimum Gasteiger partial charge on any atom is -0.479 e. The minimum atomic E-state index is -1.12. The monoisotopic (exact) mass is 396 g/mol. The molecule has 2 N–H and O–H groups in total. The number of carbonyl (C=O) groups excluding carboxylic acids is 2. The third-order valence-electron chi connectivity index (χ3n) is 4.98. The highest BCUT2D eigenvalue weighted by atomic mass is 16.5. The number of nitrogens with one attached hydrogen (secondary N) is 1. The van der Waals surface area contributed by atoms with Crippen molar-refractivity contribution in [1.29, 1.82) is 0 Å². The lowest BCUT2D eigenvalue weighted by Gasteiger charge is -2.32. The van der Waals surface area contributed by atoms with Crippen LogP contribution in [0.1, 0.15) is 42.3 Å². The van der Waals surface area contributed by atoms with Crippen molar-refractivity contribution in [1.82, 2.24) is 0 Å².